The van der Waals surface area contributed by atoms with Crippen molar-refractivity contribution in [3.05, 3.63) is 97.6 Å². The average molecular weight is 471 g/mol. The van der Waals surface area contributed by atoms with E-state index in [1.807, 2.05) is 72.8 Å². The minimum atomic E-state index is 0. The van der Waals surface area contributed by atoms with Gasteiger partial charge in [0.15, 0.2) is 0 Å². The molecule has 0 aromatic carbocycles. The van der Waals surface area contributed by atoms with Crippen molar-refractivity contribution < 1.29 is 29.1 Å². The topological polar surface area (TPSA) is 85.7 Å². The van der Waals surface area contributed by atoms with E-state index in [0.717, 1.165) is 22.8 Å². The van der Waals surface area contributed by atoms with Gasteiger partial charge in [-0.3, -0.25) is 33.5 Å². The van der Waals surface area contributed by atoms with Crippen LogP contribution in [0.4, 0.5) is 0 Å². The van der Waals surface area contributed by atoms with Gasteiger partial charge in [-0.05, 0) is 48.5 Å². The second kappa shape index (κ2) is 16.7. The third-order valence-electron chi connectivity index (χ3n) is 3.18. The molecular weight excluding hydrogens is 453 g/mol. The smallest absolute Gasteiger partial charge is 0.545 e. The van der Waals surface area contributed by atoms with E-state index in [1.54, 1.807) is 24.8 Å². The van der Waals surface area contributed by atoms with E-state index < -0.39 is 0 Å². The summed E-state index contributed by atoms with van der Waals surface area (Å²) >= 11 is 0. The summed E-state index contributed by atoms with van der Waals surface area (Å²) in [5.41, 5.74) is 3.66. The van der Waals surface area contributed by atoms with Gasteiger partial charge in [0.05, 0.1) is 22.8 Å². The fourth-order valence-electron chi connectivity index (χ4n) is 2.06. The summed E-state index contributed by atoms with van der Waals surface area (Å²) < 4.78 is 0. The zero-order valence-electron chi connectivity index (χ0n) is 15.4. The van der Waals surface area contributed by atoms with Crippen LogP contribution in [0.3, 0.4) is 0 Å². The molecule has 0 atom stereocenters. The molecule has 6 nitrogen and oxygen atoms in total. The van der Waals surface area contributed by atoms with Gasteiger partial charge in [-0.15, -0.1) is 0 Å². The van der Waals surface area contributed by atoms with E-state index in [0.29, 0.717) is 0 Å². The summed E-state index contributed by atoms with van der Waals surface area (Å²) in [6.07, 6.45) is 7.07. The molecule has 0 saturated heterocycles. The summed E-state index contributed by atoms with van der Waals surface area (Å²) in [7, 11) is 0. The Labute approximate surface area is 182 Å². The molecule has 0 radical (unpaired) electrons. The van der Waals surface area contributed by atoms with Crippen molar-refractivity contribution in [1.29, 1.82) is 0 Å². The number of pyridine rings is 4. The van der Waals surface area contributed by atoms with Crippen molar-refractivity contribution in [2.45, 2.75) is 0 Å². The minimum Gasteiger partial charge on any atom is -0.545 e. The Balaban J connectivity index is 0.000000449. The van der Waals surface area contributed by atoms with Gasteiger partial charge in [-0.2, -0.15) is 0 Å². The van der Waals surface area contributed by atoms with E-state index in [1.165, 1.54) is 0 Å². The molecule has 146 valence electrons. The SMILES string of the molecule is [CH-]=O.[CH-]=O.[Ru+2].c1ccc(-c2ccccn2)nc1.c1ccc(-c2ccccn2)nc1. The van der Waals surface area contributed by atoms with Crippen molar-refractivity contribution in [1.82, 2.24) is 19.9 Å². The fourth-order valence-corrected chi connectivity index (χ4v) is 2.06. The first-order valence-electron chi connectivity index (χ1n) is 8.05. The second-order valence-electron chi connectivity index (χ2n) is 4.86. The van der Waals surface area contributed by atoms with Crippen LogP contribution in [-0.2, 0) is 29.1 Å². The van der Waals surface area contributed by atoms with E-state index in [4.69, 9.17) is 9.59 Å². The number of hydrogen-bond acceptors (Lipinski definition) is 6. The molecule has 0 amide bonds. The van der Waals surface area contributed by atoms with Crippen LogP contribution in [0.5, 0.6) is 0 Å². The van der Waals surface area contributed by atoms with Crippen molar-refractivity contribution >= 4 is 13.6 Å². The first-order chi connectivity index (χ1) is 13.9. The Kier molecular flexibility index (Phi) is 14.7. The van der Waals surface area contributed by atoms with Crippen molar-refractivity contribution in [2.75, 3.05) is 0 Å². The summed E-state index contributed by atoms with van der Waals surface area (Å²) in [5.74, 6) is 0. The van der Waals surface area contributed by atoms with Gasteiger partial charge in [-0.25, -0.2) is 0 Å². The van der Waals surface area contributed by atoms with Crippen LogP contribution in [0.1, 0.15) is 0 Å². The molecule has 0 aliphatic carbocycles. The molecule has 0 saturated carbocycles. The molecule has 4 heterocycles. The molecule has 7 heteroatoms. The summed E-state index contributed by atoms with van der Waals surface area (Å²) in [4.78, 5) is 32.2. The first-order valence-corrected chi connectivity index (χ1v) is 8.05. The molecule has 0 N–H and O–H groups in total. The molecule has 4 rings (SSSR count). The molecule has 0 aliphatic rings. The van der Waals surface area contributed by atoms with Gasteiger partial charge in [0, 0.05) is 24.8 Å². The van der Waals surface area contributed by atoms with Crippen LogP contribution in [0.2, 0.25) is 0 Å². The minimum absolute atomic E-state index is 0. The number of aromatic nitrogens is 4. The van der Waals surface area contributed by atoms with Crippen molar-refractivity contribution in [3.8, 4) is 22.8 Å². The summed E-state index contributed by atoms with van der Waals surface area (Å²) in [5, 5.41) is 0. The van der Waals surface area contributed by atoms with E-state index >= 15 is 0 Å². The molecule has 0 spiro atoms. The average Bonchev–Trinajstić information content (AvgIpc) is 2.84. The molecule has 0 bridgehead atoms. The Morgan fingerprint density at radius 1 is 0.414 bits per heavy atom. The molecule has 29 heavy (non-hydrogen) atoms. The maximum Gasteiger partial charge on any atom is 2.00 e. The zero-order chi connectivity index (χ0) is 20.5. The van der Waals surface area contributed by atoms with Crippen molar-refractivity contribution in [3.63, 3.8) is 0 Å². The van der Waals surface area contributed by atoms with E-state index in [2.05, 4.69) is 33.5 Å². The van der Waals surface area contributed by atoms with Crippen LogP contribution in [0.15, 0.2) is 97.6 Å². The van der Waals surface area contributed by atoms with Gasteiger partial charge in [0.1, 0.15) is 0 Å². The van der Waals surface area contributed by atoms with Gasteiger partial charge in [0.2, 0.25) is 0 Å². The van der Waals surface area contributed by atoms with Crippen molar-refractivity contribution in [2.24, 2.45) is 0 Å². The number of carbonyl (C=O) groups excluding carboxylic acids is 2. The van der Waals surface area contributed by atoms with Crippen LogP contribution in [0, 0.1) is 0 Å². The van der Waals surface area contributed by atoms with Crippen LogP contribution < -0.4 is 0 Å². The van der Waals surface area contributed by atoms with E-state index in [-0.39, 0.29) is 19.5 Å². The molecule has 0 unspecified atom stereocenters. The van der Waals surface area contributed by atoms with E-state index in [9.17, 15) is 0 Å². The van der Waals surface area contributed by atoms with Gasteiger partial charge in [-0.1, -0.05) is 24.3 Å². The zero-order valence-corrected chi connectivity index (χ0v) is 17.1. The van der Waals surface area contributed by atoms with Crippen LogP contribution in [-0.4, -0.2) is 33.5 Å². The quantitative estimate of drug-likeness (QED) is 0.252. The second-order valence-corrected chi connectivity index (χ2v) is 4.86. The van der Waals surface area contributed by atoms with Gasteiger partial charge in [0.25, 0.3) is 0 Å². The summed E-state index contributed by atoms with van der Waals surface area (Å²) in [6, 6.07) is 23.2. The Morgan fingerprint density at radius 2 is 0.621 bits per heavy atom. The third kappa shape index (κ3) is 9.35. The Morgan fingerprint density at radius 3 is 0.759 bits per heavy atom. The maximum atomic E-state index is 7.75. The number of rotatable bonds is 2. The van der Waals surface area contributed by atoms with Crippen LogP contribution in [0.25, 0.3) is 22.8 Å². The number of hydrogen-bond donors (Lipinski definition) is 0. The standard InChI is InChI=1S/2C10H8N2.2CHO.Ru/c2*1-3-7-11-9(5-1)10-6-2-4-8-12-10;2*1-2;/h2*1-8H;2*1H;/q;;2*-1;+2. The predicted molar refractivity (Wildman–Crippen MR) is 108 cm³/mol. The Hall–Kier alpha value is -3.44. The monoisotopic (exact) mass is 472 g/mol. The molecule has 4 aromatic rings. The normalized spacial score (nSPS) is 8.28. The maximum absolute atomic E-state index is 7.75. The Bertz CT molecular complexity index is 731. The fraction of sp³-hybridized carbons (Fsp3) is 0. The first kappa shape index (κ1) is 25.6. The summed E-state index contributed by atoms with van der Waals surface area (Å²) in [6.45, 7) is 6.50. The van der Waals surface area contributed by atoms with Crippen LogP contribution >= 0.6 is 0 Å². The molecular formula is C22H18N4O2Ru. The van der Waals surface area contributed by atoms with Gasteiger partial charge >= 0.3 is 19.5 Å². The largest absolute Gasteiger partial charge is 2.00 e. The third-order valence-corrected chi connectivity index (χ3v) is 3.18. The molecule has 4 aromatic heterocycles. The predicted octanol–water partition coefficient (Wildman–Crippen LogP) is 3.74. The number of nitrogens with zero attached hydrogens (tertiary/aromatic N) is 4. The molecule has 0 fully saturated rings. The molecule has 0 aliphatic heterocycles. The van der Waals surface area contributed by atoms with Gasteiger partial charge < -0.3 is 9.59 Å².